The molecule has 1 rings (SSSR count). The van der Waals surface area contributed by atoms with Crippen LogP contribution in [0.25, 0.3) is 0 Å². The molecule has 0 aliphatic heterocycles. The van der Waals surface area contributed by atoms with Crippen LogP contribution in [0, 0.1) is 12.8 Å². The average Bonchev–Trinajstić information content (AvgIpc) is 2.30. The third-order valence-corrected chi connectivity index (χ3v) is 3.71. The largest absolute Gasteiger partial charge is 0.300 e. The molecule has 0 aliphatic rings. The predicted octanol–water partition coefficient (Wildman–Crippen LogP) is 4.34. The number of carbonyl (C=O) groups excluding carboxylic acids is 1. The lowest BCUT2D eigenvalue weighted by molar-refractivity contribution is -0.119. The topological polar surface area (TPSA) is 17.1 Å². The van der Waals surface area contributed by atoms with Crippen LogP contribution in [0.2, 0.25) is 0 Å². The minimum atomic E-state index is 0.152. The number of hydrogen-bond acceptors (Lipinski definition) is 2. The summed E-state index contributed by atoms with van der Waals surface area (Å²) in [6.45, 7) is 9.73. The second-order valence-corrected chi connectivity index (χ2v) is 4.65. The Balaban J connectivity index is 0.00000106. The Labute approximate surface area is 104 Å². The first-order chi connectivity index (χ1) is 7.61. The van der Waals surface area contributed by atoms with E-state index in [4.69, 9.17) is 0 Å². The van der Waals surface area contributed by atoms with Gasteiger partial charge in [-0.3, -0.25) is 4.79 Å². The van der Waals surface area contributed by atoms with Gasteiger partial charge < -0.3 is 0 Å². The van der Waals surface area contributed by atoms with Crippen LogP contribution in [-0.2, 0) is 4.79 Å². The zero-order chi connectivity index (χ0) is 12.6. The van der Waals surface area contributed by atoms with E-state index >= 15 is 0 Å². The molecule has 0 spiro atoms. The molecule has 1 aromatic rings. The first kappa shape index (κ1) is 15.2. The maximum atomic E-state index is 11.0. The average molecular weight is 238 g/mol. The zero-order valence-electron chi connectivity index (χ0n) is 10.9. The fourth-order valence-electron chi connectivity index (χ4n) is 1.05. The highest BCUT2D eigenvalue weighted by Gasteiger charge is 2.08. The van der Waals surface area contributed by atoms with E-state index < -0.39 is 0 Å². The van der Waals surface area contributed by atoms with Gasteiger partial charge in [-0.25, -0.2) is 0 Å². The number of carbonyl (C=O) groups is 1. The van der Waals surface area contributed by atoms with Crippen molar-refractivity contribution in [3.63, 3.8) is 0 Å². The highest BCUT2D eigenvalue weighted by molar-refractivity contribution is 7.99. The van der Waals surface area contributed by atoms with Crippen molar-refractivity contribution in [2.75, 3.05) is 5.75 Å². The van der Waals surface area contributed by atoms with Gasteiger partial charge in [-0.15, -0.1) is 11.8 Å². The van der Waals surface area contributed by atoms with Crippen LogP contribution < -0.4 is 0 Å². The van der Waals surface area contributed by atoms with Crippen molar-refractivity contribution in [1.29, 1.82) is 0 Å². The highest BCUT2D eigenvalue weighted by atomic mass is 32.2. The molecule has 0 aliphatic carbocycles. The monoisotopic (exact) mass is 238 g/mol. The van der Waals surface area contributed by atoms with Gasteiger partial charge in [0.2, 0.25) is 0 Å². The molecular weight excluding hydrogens is 216 g/mol. The van der Waals surface area contributed by atoms with E-state index in [1.807, 2.05) is 32.9 Å². The van der Waals surface area contributed by atoms with Crippen molar-refractivity contribution in [1.82, 2.24) is 0 Å². The normalized spacial score (nSPS) is 11.3. The molecule has 2 heteroatoms. The van der Waals surface area contributed by atoms with Crippen LogP contribution in [0.4, 0.5) is 0 Å². The summed E-state index contributed by atoms with van der Waals surface area (Å²) in [7, 11) is 0. The van der Waals surface area contributed by atoms with Gasteiger partial charge >= 0.3 is 0 Å². The first-order valence-electron chi connectivity index (χ1n) is 5.80. The number of ketones is 1. The Bertz CT molecular complexity index is 320. The van der Waals surface area contributed by atoms with E-state index in [2.05, 4.69) is 19.1 Å². The summed E-state index contributed by atoms with van der Waals surface area (Å²) in [5.74, 6) is 1.30. The molecule has 90 valence electrons. The van der Waals surface area contributed by atoms with Crippen molar-refractivity contribution in [2.24, 2.45) is 5.92 Å². The maximum absolute atomic E-state index is 11.0. The quantitative estimate of drug-likeness (QED) is 0.726. The summed E-state index contributed by atoms with van der Waals surface area (Å²) in [6.07, 6.45) is 0. The van der Waals surface area contributed by atoms with E-state index in [1.165, 1.54) is 10.5 Å². The van der Waals surface area contributed by atoms with Gasteiger partial charge in [-0.2, -0.15) is 0 Å². The molecule has 1 atom stereocenters. The molecule has 16 heavy (non-hydrogen) atoms. The van der Waals surface area contributed by atoms with Crippen LogP contribution in [0.1, 0.15) is 33.3 Å². The number of rotatable bonds is 4. The summed E-state index contributed by atoms with van der Waals surface area (Å²) in [4.78, 5) is 12.3. The van der Waals surface area contributed by atoms with Crippen molar-refractivity contribution in [2.45, 2.75) is 39.5 Å². The van der Waals surface area contributed by atoms with E-state index in [-0.39, 0.29) is 11.7 Å². The molecule has 1 unspecified atom stereocenters. The van der Waals surface area contributed by atoms with Crippen molar-refractivity contribution in [3.8, 4) is 0 Å². The van der Waals surface area contributed by atoms with Crippen molar-refractivity contribution in [3.05, 3.63) is 29.8 Å². The molecule has 0 bridgehead atoms. The fourth-order valence-corrected chi connectivity index (χ4v) is 2.19. The molecule has 0 aromatic heterocycles. The molecular formula is C14H22OS. The minimum absolute atomic E-state index is 0.152. The van der Waals surface area contributed by atoms with E-state index in [1.54, 1.807) is 18.7 Å². The van der Waals surface area contributed by atoms with Crippen LogP contribution >= 0.6 is 11.8 Å². The van der Waals surface area contributed by atoms with Crippen molar-refractivity contribution >= 4 is 17.5 Å². The Kier molecular flexibility index (Phi) is 8.00. The third kappa shape index (κ3) is 5.36. The standard InChI is InChI=1S/C12H16OS.C2H6/c1-9-6-4-5-7-12(9)14-8-10(2)11(3)13;1-2/h4-7,10H,8H2,1-3H3;1-2H3. The lowest BCUT2D eigenvalue weighted by Gasteiger charge is -2.08. The summed E-state index contributed by atoms with van der Waals surface area (Å²) in [5, 5.41) is 0. The lowest BCUT2D eigenvalue weighted by Crippen LogP contribution is -2.08. The van der Waals surface area contributed by atoms with Crippen LogP contribution in [0.5, 0.6) is 0 Å². The van der Waals surface area contributed by atoms with Gasteiger partial charge in [0.15, 0.2) is 0 Å². The molecule has 0 N–H and O–H groups in total. The number of thioether (sulfide) groups is 1. The van der Waals surface area contributed by atoms with E-state index in [9.17, 15) is 4.79 Å². The van der Waals surface area contributed by atoms with Gasteiger partial charge in [-0.05, 0) is 25.5 Å². The minimum Gasteiger partial charge on any atom is -0.300 e. The molecule has 0 heterocycles. The summed E-state index contributed by atoms with van der Waals surface area (Å²) in [6, 6.07) is 8.27. The first-order valence-corrected chi connectivity index (χ1v) is 6.78. The Morgan fingerprint density at radius 3 is 2.38 bits per heavy atom. The maximum Gasteiger partial charge on any atom is 0.133 e. The Morgan fingerprint density at radius 1 is 1.31 bits per heavy atom. The Hall–Kier alpha value is -0.760. The number of hydrogen-bond donors (Lipinski definition) is 0. The van der Waals surface area contributed by atoms with Crippen molar-refractivity contribution < 1.29 is 4.79 Å². The highest BCUT2D eigenvalue weighted by Crippen LogP contribution is 2.24. The Morgan fingerprint density at radius 2 is 1.88 bits per heavy atom. The smallest absolute Gasteiger partial charge is 0.133 e. The second kappa shape index (κ2) is 8.40. The van der Waals surface area contributed by atoms with E-state index in [0.717, 1.165) is 5.75 Å². The van der Waals surface area contributed by atoms with Crippen LogP contribution in [0.3, 0.4) is 0 Å². The second-order valence-electron chi connectivity index (χ2n) is 3.59. The predicted molar refractivity (Wildman–Crippen MR) is 73.1 cm³/mol. The molecule has 0 radical (unpaired) electrons. The summed E-state index contributed by atoms with van der Waals surface area (Å²) >= 11 is 1.76. The molecule has 0 saturated carbocycles. The van der Waals surface area contributed by atoms with Gasteiger partial charge in [0.1, 0.15) is 5.78 Å². The molecule has 1 nitrogen and oxygen atoms in total. The summed E-state index contributed by atoms with van der Waals surface area (Å²) < 4.78 is 0. The fraction of sp³-hybridized carbons (Fsp3) is 0.500. The van der Waals surface area contributed by atoms with Gasteiger partial charge in [0.05, 0.1) is 0 Å². The van der Waals surface area contributed by atoms with Crippen LogP contribution in [0.15, 0.2) is 29.2 Å². The molecule has 0 saturated heterocycles. The molecule has 0 fully saturated rings. The van der Waals surface area contributed by atoms with E-state index in [0.29, 0.717) is 0 Å². The number of aryl methyl sites for hydroxylation is 1. The van der Waals surface area contributed by atoms with Crippen LogP contribution in [-0.4, -0.2) is 11.5 Å². The number of benzene rings is 1. The third-order valence-electron chi connectivity index (χ3n) is 2.28. The summed E-state index contributed by atoms with van der Waals surface area (Å²) in [5.41, 5.74) is 1.29. The lowest BCUT2D eigenvalue weighted by atomic mass is 10.1. The zero-order valence-corrected chi connectivity index (χ0v) is 11.7. The van der Waals surface area contributed by atoms with Gasteiger partial charge in [0.25, 0.3) is 0 Å². The molecule has 1 aromatic carbocycles. The van der Waals surface area contributed by atoms with Gasteiger partial charge in [-0.1, -0.05) is 39.0 Å². The number of Topliss-reactive ketones (excluding diaryl/α,β-unsaturated/α-hetero) is 1. The SMILES string of the molecule is CC.CC(=O)C(C)CSc1ccccc1C. The van der Waals surface area contributed by atoms with Gasteiger partial charge in [0, 0.05) is 16.6 Å². The molecule has 0 amide bonds.